The van der Waals surface area contributed by atoms with Gasteiger partial charge in [0.1, 0.15) is 0 Å². The van der Waals surface area contributed by atoms with Gasteiger partial charge in [0.25, 0.3) is 0 Å². The van der Waals surface area contributed by atoms with Crippen LogP contribution in [0.2, 0.25) is 0 Å². The molecule has 164 valence electrons. The van der Waals surface area contributed by atoms with Gasteiger partial charge in [-0.25, -0.2) is 4.57 Å². The third kappa shape index (κ3) is 28.7. The SMILES string of the molecule is O=P(O)(O)O.OP1OCCCCCCCCCCCCCCCCCCO1. The average molecular weight is 430 g/mol. The Hall–Kier alpha value is 0.420. The lowest BCUT2D eigenvalue weighted by atomic mass is 10.0. The van der Waals surface area contributed by atoms with Gasteiger partial charge in [-0.1, -0.05) is 89.9 Å². The van der Waals surface area contributed by atoms with Crippen LogP contribution in [0.4, 0.5) is 0 Å². The lowest BCUT2D eigenvalue weighted by molar-refractivity contribution is 0.193. The van der Waals surface area contributed by atoms with E-state index in [1.54, 1.807) is 0 Å². The van der Waals surface area contributed by atoms with Gasteiger partial charge in [0.05, 0.1) is 13.2 Å². The van der Waals surface area contributed by atoms with E-state index in [1.165, 1.54) is 89.9 Å². The molecule has 1 heterocycles. The minimum Gasteiger partial charge on any atom is -0.328 e. The van der Waals surface area contributed by atoms with Crippen molar-refractivity contribution in [1.82, 2.24) is 0 Å². The van der Waals surface area contributed by atoms with Crippen LogP contribution < -0.4 is 0 Å². The van der Waals surface area contributed by atoms with Crippen molar-refractivity contribution in [2.75, 3.05) is 13.2 Å². The summed E-state index contributed by atoms with van der Waals surface area (Å²) in [6, 6.07) is 0. The number of hydrogen-bond donors (Lipinski definition) is 4. The molecule has 27 heavy (non-hydrogen) atoms. The fourth-order valence-electron chi connectivity index (χ4n) is 3.00. The van der Waals surface area contributed by atoms with Gasteiger partial charge in [-0.3, -0.25) is 0 Å². The summed E-state index contributed by atoms with van der Waals surface area (Å²) < 4.78 is 19.6. The molecule has 0 spiro atoms. The smallest absolute Gasteiger partial charge is 0.328 e. The van der Waals surface area contributed by atoms with Crippen molar-refractivity contribution >= 4 is 16.4 Å². The fourth-order valence-corrected chi connectivity index (χ4v) is 3.65. The summed E-state index contributed by atoms with van der Waals surface area (Å²) in [5.41, 5.74) is 0. The first-order valence-electron chi connectivity index (χ1n) is 10.4. The maximum absolute atomic E-state index is 9.62. The molecule has 1 aliphatic rings. The lowest BCUT2D eigenvalue weighted by Crippen LogP contribution is -1.95. The third-order valence-electron chi connectivity index (χ3n) is 4.44. The third-order valence-corrected chi connectivity index (χ3v) is 5.25. The predicted octanol–water partition coefficient (Wildman–Crippen LogP) is 5.57. The molecule has 0 bridgehead atoms. The summed E-state index contributed by atoms with van der Waals surface area (Å²) >= 11 is 0. The summed E-state index contributed by atoms with van der Waals surface area (Å²) in [5.74, 6) is 0. The van der Waals surface area contributed by atoms with E-state index in [-0.39, 0.29) is 0 Å². The van der Waals surface area contributed by atoms with Crippen molar-refractivity contribution in [3.05, 3.63) is 0 Å². The summed E-state index contributed by atoms with van der Waals surface area (Å²) in [6.07, 6.45) is 21.1. The first-order valence-corrected chi connectivity index (χ1v) is 13.1. The molecule has 0 amide bonds. The Morgan fingerprint density at radius 1 is 0.519 bits per heavy atom. The van der Waals surface area contributed by atoms with Crippen LogP contribution in [0.3, 0.4) is 0 Å². The fraction of sp³-hybridized carbons (Fsp3) is 1.00. The Morgan fingerprint density at radius 2 is 0.704 bits per heavy atom. The number of phosphoric acid groups is 1. The Labute approximate surface area is 166 Å². The van der Waals surface area contributed by atoms with Gasteiger partial charge in [-0.05, 0) is 12.8 Å². The van der Waals surface area contributed by atoms with E-state index in [0.29, 0.717) is 13.2 Å². The summed E-state index contributed by atoms with van der Waals surface area (Å²) in [4.78, 5) is 31.2. The predicted molar refractivity (Wildman–Crippen MR) is 109 cm³/mol. The van der Waals surface area contributed by atoms with Crippen LogP contribution >= 0.6 is 16.4 Å². The highest BCUT2D eigenvalue weighted by molar-refractivity contribution is 7.45. The average Bonchev–Trinajstić information content (AvgIpc) is 2.58. The molecule has 1 saturated heterocycles. The van der Waals surface area contributed by atoms with Crippen LogP contribution in [-0.2, 0) is 13.6 Å². The molecule has 1 rings (SSSR count). The largest absolute Gasteiger partial charge is 0.466 e. The van der Waals surface area contributed by atoms with Gasteiger partial charge in [-0.15, -0.1) is 0 Å². The molecular formula is C18H40O7P2. The van der Waals surface area contributed by atoms with Gasteiger partial charge in [0.15, 0.2) is 0 Å². The summed E-state index contributed by atoms with van der Waals surface area (Å²) in [5, 5.41) is 0. The zero-order valence-electron chi connectivity index (χ0n) is 16.6. The van der Waals surface area contributed by atoms with Crippen LogP contribution in [0.15, 0.2) is 0 Å². The normalized spacial score (nSPS) is 22.1. The molecule has 0 saturated carbocycles. The molecule has 1 fully saturated rings. The molecule has 0 atom stereocenters. The highest BCUT2D eigenvalue weighted by atomic mass is 31.2. The molecular weight excluding hydrogens is 390 g/mol. The molecule has 0 aromatic rings. The van der Waals surface area contributed by atoms with Gasteiger partial charge < -0.3 is 28.6 Å². The molecule has 9 heteroatoms. The quantitative estimate of drug-likeness (QED) is 0.371. The van der Waals surface area contributed by atoms with Gasteiger partial charge >= 0.3 is 16.4 Å². The first kappa shape index (κ1) is 27.4. The highest BCUT2D eigenvalue weighted by Crippen LogP contribution is 2.33. The van der Waals surface area contributed by atoms with E-state index < -0.39 is 16.4 Å². The summed E-state index contributed by atoms with van der Waals surface area (Å²) in [7, 11) is -6.27. The minimum atomic E-state index is -4.64. The van der Waals surface area contributed by atoms with E-state index in [1.807, 2.05) is 0 Å². The van der Waals surface area contributed by atoms with Crippen molar-refractivity contribution in [3.63, 3.8) is 0 Å². The van der Waals surface area contributed by atoms with Crippen LogP contribution in [-0.4, -0.2) is 32.8 Å². The van der Waals surface area contributed by atoms with Crippen molar-refractivity contribution in [3.8, 4) is 0 Å². The maximum Gasteiger partial charge on any atom is 0.466 e. The van der Waals surface area contributed by atoms with Crippen molar-refractivity contribution in [2.45, 2.75) is 103 Å². The molecule has 4 N–H and O–H groups in total. The maximum atomic E-state index is 9.62. The zero-order chi connectivity index (χ0) is 20.2. The molecule has 1 aliphatic heterocycles. The van der Waals surface area contributed by atoms with E-state index in [9.17, 15) is 4.89 Å². The Bertz CT molecular complexity index is 322. The topological polar surface area (TPSA) is 116 Å². The molecule has 7 nitrogen and oxygen atoms in total. The lowest BCUT2D eigenvalue weighted by Gasteiger charge is -2.10. The number of hydrogen-bond acceptors (Lipinski definition) is 4. The first-order chi connectivity index (χ1) is 12.9. The Kier molecular flexibility index (Phi) is 20.0. The Morgan fingerprint density at radius 3 is 0.926 bits per heavy atom. The second-order valence-corrected chi connectivity index (χ2v) is 9.09. The second kappa shape index (κ2) is 19.7. The van der Waals surface area contributed by atoms with Crippen LogP contribution in [0, 0.1) is 0 Å². The zero-order valence-corrected chi connectivity index (χ0v) is 18.4. The molecule has 0 aliphatic carbocycles. The van der Waals surface area contributed by atoms with Crippen LogP contribution in [0.1, 0.15) is 103 Å². The monoisotopic (exact) mass is 430 g/mol. The van der Waals surface area contributed by atoms with Crippen LogP contribution in [0.25, 0.3) is 0 Å². The Balaban J connectivity index is 0.00000119. The highest BCUT2D eigenvalue weighted by Gasteiger charge is 2.06. The van der Waals surface area contributed by atoms with Gasteiger partial charge in [0.2, 0.25) is 0 Å². The second-order valence-electron chi connectivity index (χ2n) is 7.07. The molecule has 0 aromatic heterocycles. The van der Waals surface area contributed by atoms with Crippen molar-refractivity contribution in [2.24, 2.45) is 0 Å². The minimum absolute atomic E-state index is 0.641. The van der Waals surface area contributed by atoms with E-state index in [4.69, 9.17) is 28.3 Å². The van der Waals surface area contributed by atoms with E-state index >= 15 is 0 Å². The standard InChI is InChI=1S/C18H37O3P.H3O4P/c19-22-20-17-15-13-11-9-7-5-3-1-2-4-6-8-10-12-14-16-18-21-22;1-5(2,3)4/h19H,1-18H2;(H3,1,2,3,4). The summed E-state index contributed by atoms with van der Waals surface area (Å²) in [6.45, 7) is 1.28. The number of rotatable bonds is 0. The van der Waals surface area contributed by atoms with Crippen LogP contribution in [0.5, 0.6) is 0 Å². The van der Waals surface area contributed by atoms with E-state index in [2.05, 4.69) is 0 Å². The molecule has 0 unspecified atom stereocenters. The molecule has 0 aromatic carbocycles. The van der Waals surface area contributed by atoms with Gasteiger partial charge in [0, 0.05) is 0 Å². The van der Waals surface area contributed by atoms with Gasteiger partial charge in [-0.2, -0.15) is 0 Å². The van der Waals surface area contributed by atoms with Crippen molar-refractivity contribution < 1.29 is 33.2 Å². The van der Waals surface area contributed by atoms with E-state index in [0.717, 1.165) is 12.8 Å². The van der Waals surface area contributed by atoms with Crippen molar-refractivity contribution in [1.29, 1.82) is 0 Å². The molecule has 0 radical (unpaired) electrons.